The standard InChI is InChI=1S/C21H14ClN3O3/c22-15-2-4-16(5-3-15)24-19(26)14-1-6-17-18(11-14)21(28)25(20(17)27)12-13-7-9-23-10-8-13/h1-11H,12H2,(H,24,26). The van der Waals surface area contributed by atoms with Crippen molar-refractivity contribution in [1.29, 1.82) is 0 Å². The quantitative estimate of drug-likeness (QED) is 0.686. The number of anilines is 1. The highest BCUT2D eigenvalue weighted by Gasteiger charge is 2.36. The summed E-state index contributed by atoms with van der Waals surface area (Å²) in [6.07, 6.45) is 3.21. The van der Waals surface area contributed by atoms with E-state index in [4.69, 9.17) is 11.6 Å². The van der Waals surface area contributed by atoms with Gasteiger partial charge >= 0.3 is 0 Å². The number of carbonyl (C=O) groups excluding carboxylic acids is 3. The van der Waals surface area contributed by atoms with Crippen molar-refractivity contribution in [2.24, 2.45) is 0 Å². The fourth-order valence-electron chi connectivity index (χ4n) is 2.98. The molecule has 4 rings (SSSR count). The summed E-state index contributed by atoms with van der Waals surface area (Å²) in [4.78, 5) is 42.9. The summed E-state index contributed by atoms with van der Waals surface area (Å²) in [7, 11) is 0. The van der Waals surface area contributed by atoms with E-state index in [9.17, 15) is 14.4 Å². The molecule has 1 N–H and O–H groups in total. The molecular weight excluding hydrogens is 378 g/mol. The number of nitrogens with zero attached hydrogens (tertiary/aromatic N) is 2. The Morgan fingerprint density at radius 2 is 1.61 bits per heavy atom. The maximum atomic E-state index is 12.7. The van der Waals surface area contributed by atoms with Gasteiger partial charge in [-0.3, -0.25) is 24.3 Å². The van der Waals surface area contributed by atoms with Gasteiger partial charge in [-0.15, -0.1) is 0 Å². The first-order valence-electron chi connectivity index (χ1n) is 8.49. The average molecular weight is 392 g/mol. The minimum Gasteiger partial charge on any atom is -0.322 e. The zero-order valence-electron chi connectivity index (χ0n) is 14.6. The first-order chi connectivity index (χ1) is 13.5. The van der Waals surface area contributed by atoms with Gasteiger partial charge in [-0.25, -0.2) is 0 Å². The van der Waals surface area contributed by atoms with Crippen LogP contribution >= 0.6 is 11.6 Å². The lowest BCUT2D eigenvalue weighted by molar-refractivity contribution is 0.0642. The average Bonchev–Trinajstić information content (AvgIpc) is 2.95. The highest BCUT2D eigenvalue weighted by atomic mass is 35.5. The Kier molecular flexibility index (Phi) is 4.63. The van der Waals surface area contributed by atoms with Crippen molar-refractivity contribution in [3.05, 3.63) is 94.3 Å². The maximum Gasteiger partial charge on any atom is 0.261 e. The smallest absolute Gasteiger partial charge is 0.261 e. The lowest BCUT2D eigenvalue weighted by Crippen LogP contribution is -2.29. The summed E-state index contributed by atoms with van der Waals surface area (Å²) in [5.41, 5.74) is 2.19. The minimum absolute atomic E-state index is 0.154. The van der Waals surface area contributed by atoms with Crippen LogP contribution in [0.1, 0.15) is 36.6 Å². The van der Waals surface area contributed by atoms with Crippen LogP contribution < -0.4 is 5.32 Å². The van der Waals surface area contributed by atoms with Gasteiger partial charge in [0.15, 0.2) is 0 Å². The molecule has 1 aliphatic rings. The second-order valence-corrected chi connectivity index (χ2v) is 6.71. The van der Waals surface area contributed by atoms with Crippen molar-refractivity contribution in [1.82, 2.24) is 9.88 Å². The van der Waals surface area contributed by atoms with E-state index in [0.717, 1.165) is 5.56 Å². The Labute approximate surface area is 165 Å². The van der Waals surface area contributed by atoms with Crippen LogP contribution in [-0.2, 0) is 6.54 Å². The van der Waals surface area contributed by atoms with Crippen molar-refractivity contribution < 1.29 is 14.4 Å². The number of fused-ring (bicyclic) bond motifs is 1. The van der Waals surface area contributed by atoms with Gasteiger partial charge in [0.05, 0.1) is 17.7 Å². The second-order valence-electron chi connectivity index (χ2n) is 6.27. The SMILES string of the molecule is O=C(Nc1ccc(Cl)cc1)c1ccc2c(c1)C(=O)N(Cc1ccncc1)C2=O. The first kappa shape index (κ1) is 17.9. The monoisotopic (exact) mass is 391 g/mol. The van der Waals surface area contributed by atoms with Crippen LogP contribution in [0.3, 0.4) is 0 Å². The molecule has 0 saturated carbocycles. The van der Waals surface area contributed by atoms with Gasteiger partial charge in [0.1, 0.15) is 0 Å². The molecular formula is C21H14ClN3O3. The molecule has 0 unspecified atom stereocenters. The number of pyridine rings is 1. The number of benzene rings is 2. The van der Waals surface area contributed by atoms with Gasteiger partial charge in [0, 0.05) is 28.7 Å². The molecule has 6 nitrogen and oxygen atoms in total. The molecule has 28 heavy (non-hydrogen) atoms. The molecule has 1 aromatic heterocycles. The summed E-state index contributed by atoms with van der Waals surface area (Å²) in [6.45, 7) is 0.154. The third kappa shape index (κ3) is 3.37. The zero-order chi connectivity index (χ0) is 19.7. The Hall–Kier alpha value is -3.51. The molecule has 7 heteroatoms. The van der Waals surface area contributed by atoms with Crippen molar-refractivity contribution in [2.45, 2.75) is 6.54 Å². The molecule has 2 aromatic carbocycles. The number of aromatic nitrogens is 1. The third-order valence-corrected chi connectivity index (χ3v) is 4.68. The van der Waals surface area contributed by atoms with Crippen molar-refractivity contribution >= 4 is 35.0 Å². The first-order valence-corrected chi connectivity index (χ1v) is 8.87. The second kappa shape index (κ2) is 7.25. The molecule has 0 radical (unpaired) electrons. The summed E-state index contributed by atoms with van der Waals surface area (Å²) >= 11 is 5.84. The van der Waals surface area contributed by atoms with E-state index in [0.29, 0.717) is 21.8 Å². The van der Waals surface area contributed by atoms with E-state index in [1.54, 1.807) is 48.8 Å². The minimum atomic E-state index is -0.419. The number of halogens is 1. The predicted octanol–water partition coefficient (Wildman–Crippen LogP) is 3.78. The number of amides is 3. The van der Waals surface area contributed by atoms with Crippen LogP contribution in [-0.4, -0.2) is 27.6 Å². The van der Waals surface area contributed by atoms with Gasteiger partial charge in [-0.05, 0) is 60.2 Å². The Morgan fingerprint density at radius 1 is 0.929 bits per heavy atom. The zero-order valence-corrected chi connectivity index (χ0v) is 15.3. The Bertz CT molecular complexity index is 1080. The van der Waals surface area contributed by atoms with Gasteiger partial charge < -0.3 is 5.32 Å². The van der Waals surface area contributed by atoms with Crippen molar-refractivity contribution in [3.63, 3.8) is 0 Å². The lowest BCUT2D eigenvalue weighted by Gasteiger charge is -2.13. The van der Waals surface area contributed by atoms with E-state index in [2.05, 4.69) is 10.3 Å². The molecule has 0 atom stereocenters. The van der Waals surface area contributed by atoms with Gasteiger partial charge in [0.25, 0.3) is 17.7 Å². The molecule has 3 amide bonds. The molecule has 0 fully saturated rings. The van der Waals surface area contributed by atoms with E-state index < -0.39 is 5.91 Å². The molecule has 0 aliphatic carbocycles. The van der Waals surface area contributed by atoms with Gasteiger partial charge in [-0.1, -0.05) is 11.6 Å². The molecule has 2 heterocycles. The molecule has 0 bridgehead atoms. The summed E-state index contributed by atoms with van der Waals surface area (Å²) in [6, 6.07) is 14.7. The molecule has 0 spiro atoms. The van der Waals surface area contributed by atoms with E-state index in [1.165, 1.54) is 23.1 Å². The van der Waals surface area contributed by atoms with E-state index in [1.807, 2.05) is 0 Å². The molecule has 3 aromatic rings. The van der Waals surface area contributed by atoms with Crippen LogP contribution in [0.5, 0.6) is 0 Å². The summed E-state index contributed by atoms with van der Waals surface area (Å²) in [5, 5.41) is 3.30. The van der Waals surface area contributed by atoms with E-state index >= 15 is 0 Å². The van der Waals surface area contributed by atoms with Crippen LogP contribution in [0.2, 0.25) is 5.02 Å². The molecule has 138 valence electrons. The van der Waals surface area contributed by atoms with Gasteiger partial charge in [0.2, 0.25) is 0 Å². The van der Waals surface area contributed by atoms with E-state index in [-0.39, 0.29) is 23.9 Å². The number of imide groups is 1. The van der Waals surface area contributed by atoms with Crippen molar-refractivity contribution in [2.75, 3.05) is 5.32 Å². The Balaban J connectivity index is 1.56. The normalized spacial score (nSPS) is 12.8. The predicted molar refractivity (Wildman–Crippen MR) is 104 cm³/mol. The third-order valence-electron chi connectivity index (χ3n) is 4.43. The Morgan fingerprint density at radius 3 is 2.32 bits per heavy atom. The van der Waals surface area contributed by atoms with Crippen molar-refractivity contribution in [3.8, 4) is 0 Å². The number of hydrogen-bond donors (Lipinski definition) is 1. The van der Waals surface area contributed by atoms with Gasteiger partial charge in [-0.2, -0.15) is 0 Å². The van der Waals surface area contributed by atoms with Crippen LogP contribution in [0, 0.1) is 0 Å². The fourth-order valence-corrected chi connectivity index (χ4v) is 3.11. The topological polar surface area (TPSA) is 79.4 Å². The maximum absolute atomic E-state index is 12.7. The van der Waals surface area contributed by atoms with Crippen LogP contribution in [0.25, 0.3) is 0 Å². The number of nitrogens with one attached hydrogen (secondary N) is 1. The number of carbonyl (C=O) groups is 3. The molecule has 1 aliphatic heterocycles. The highest BCUT2D eigenvalue weighted by Crippen LogP contribution is 2.26. The van der Waals surface area contributed by atoms with Crippen LogP contribution in [0.4, 0.5) is 5.69 Å². The van der Waals surface area contributed by atoms with Crippen LogP contribution in [0.15, 0.2) is 67.0 Å². The lowest BCUT2D eigenvalue weighted by atomic mass is 10.1. The number of hydrogen-bond acceptors (Lipinski definition) is 4. The summed E-state index contributed by atoms with van der Waals surface area (Å²) < 4.78 is 0. The molecule has 0 saturated heterocycles. The summed E-state index contributed by atoms with van der Waals surface area (Å²) in [5.74, 6) is -1.17. The number of rotatable bonds is 4. The fraction of sp³-hybridized carbons (Fsp3) is 0.0476. The largest absolute Gasteiger partial charge is 0.322 e. The highest BCUT2D eigenvalue weighted by molar-refractivity contribution is 6.30.